The number of nitrogens with two attached hydrogens (primary N) is 2. The Morgan fingerprint density at radius 1 is 0.960 bits per heavy atom. The Labute approximate surface area is 147 Å². The number of carboxylic acids is 1. The maximum Gasteiger partial charge on any atom is 0.305 e. The SMILES string of the molecule is NC(N)=NCCCCCCC(=O)NCC[C@H](O)C(=O)NCCC(=O)O. The first-order chi connectivity index (χ1) is 11.8. The Kier molecular flexibility index (Phi) is 12.7. The molecule has 0 aromatic heterocycles. The number of aliphatic hydroxyl groups is 1. The fourth-order valence-electron chi connectivity index (χ4n) is 1.94. The highest BCUT2D eigenvalue weighted by molar-refractivity contribution is 5.81. The molecular formula is C15H29N5O5. The normalized spacial score (nSPS) is 11.4. The second-order valence-electron chi connectivity index (χ2n) is 5.56. The van der Waals surface area contributed by atoms with Gasteiger partial charge in [0.2, 0.25) is 11.8 Å². The number of aliphatic carboxylic acids is 1. The van der Waals surface area contributed by atoms with Crippen molar-refractivity contribution in [1.82, 2.24) is 10.6 Å². The predicted octanol–water partition coefficient (Wildman–Crippen LogP) is -1.33. The number of aliphatic imine (C=N–C) groups is 1. The van der Waals surface area contributed by atoms with Crippen molar-refractivity contribution in [3.63, 3.8) is 0 Å². The third kappa shape index (κ3) is 14.9. The second kappa shape index (κ2) is 14.0. The summed E-state index contributed by atoms with van der Waals surface area (Å²) in [7, 11) is 0. The number of rotatable bonds is 14. The zero-order valence-corrected chi connectivity index (χ0v) is 14.4. The van der Waals surface area contributed by atoms with Crippen molar-refractivity contribution in [3.05, 3.63) is 0 Å². The van der Waals surface area contributed by atoms with Gasteiger partial charge in [0, 0.05) is 26.1 Å². The van der Waals surface area contributed by atoms with Crippen LogP contribution in [0.1, 0.15) is 44.9 Å². The molecule has 0 radical (unpaired) electrons. The number of hydrogen-bond donors (Lipinski definition) is 6. The summed E-state index contributed by atoms with van der Waals surface area (Å²) in [6.07, 6.45) is 2.40. The van der Waals surface area contributed by atoms with Crippen LogP contribution in [0, 0.1) is 0 Å². The molecule has 0 saturated heterocycles. The summed E-state index contributed by atoms with van der Waals surface area (Å²) >= 11 is 0. The number of nitrogens with zero attached hydrogens (tertiary/aromatic N) is 1. The third-order valence-electron chi connectivity index (χ3n) is 3.29. The highest BCUT2D eigenvalue weighted by atomic mass is 16.4. The van der Waals surface area contributed by atoms with Gasteiger partial charge < -0.3 is 32.3 Å². The van der Waals surface area contributed by atoms with Crippen molar-refractivity contribution in [3.8, 4) is 0 Å². The summed E-state index contributed by atoms with van der Waals surface area (Å²) in [6.45, 7) is 0.721. The van der Waals surface area contributed by atoms with Gasteiger partial charge >= 0.3 is 5.97 Å². The number of aliphatic hydroxyl groups excluding tert-OH is 1. The first-order valence-electron chi connectivity index (χ1n) is 8.32. The van der Waals surface area contributed by atoms with Gasteiger partial charge in [-0.3, -0.25) is 19.4 Å². The van der Waals surface area contributed by atoms with Crippen molar-refractivity contribution in [1.29, 1.82) is 0 Å². The maximum absolute atomic E-state index is 11.6. The van der Waals surface area contributed by atoms with Crippen LogP contribution in [-0.2, 0) is 14.4 Å². The average Bonchev–Trinajstić information content (AvgIpc) is 2.53. The summed E-state index contributed by atoms with van der Waals surface area (Å²) in [6, 6.07) is 0. The lowest BCUT2D eigenvalue weighted by Gasteiger charge is -2.11. The molecule has 0 heterocycles. The van der Waals surface area contributed by atoms with Crippen LogP contribution in [0.4, 0.5) is 0 Å². The van der Waals surface area contributed by atoms with E-state index in [1.54, 1.807) is 0 Å². The van der Waals surface area contributed by atoms with E-state index in [4.69, 9.17) is 16.6 Å². The van der Waals surface area contributed by atoms with Gasteiger partial charge in [-0.25, -0.2) is 0 Å². The van der Waals surface area contributed by atoms with E-state index in [2.05, 4.69) is 15.6 Å². The molecule has 0 aliphatic heterocycles. The monoisotopic (exact) mass is 359 g/mol. The van der Waals surface area contributed by atoms with Gasteiger partial charge in [-0.1, -0.05) is 12.8 Å². The number of nitrogens with one attached hydrogen (secondary N) is 2. The quantitative estimate of drug-likeness (QED) is 0.126. The maximum atomic E-state index is 11.6. The van der Waals surface area contributed by atoms with E-state index in [-0.39, 0.29) is 37.8 Å². The van der Waals surface area contributed by atoms with Gasteiger partial charge in [0.1, 0.15) is 6.10 Å². The topological polar surface area (TPSA) is 180 Å². The van der Waals surface area contributed by atoms with Crippen LogP contribution in [0.25, 0.3) is 0 Å². The fraction of sp³-hybridized carbons (Fsp3) is 0.733. The lowest BCUT2D eigenvalue weighted by atomic mass is 10.1. The van der Waals surface area contributed by atoms with E-state index in [0.29, 0.717) is 13.0 Å². The number of amides is 2. The zero-order valence-electron chi connectivity index (χ0n) is 14.4. The van der Waals surface area contributed by atoms with E-state index in [9.17, 15) is 19.5 Å². The van der Waals surface area contributed by atoms with Gasteiger partial charge in [-0.15, -0.1) is 0 Å². The van der Waals surface area contributed by atoms with Crippen molar-refractivity contribution in [2.24, 2.45) is 16.5 Å². The number of hydrogen-bond acceptors (Lipinski definition) is 5. The van der Waals surface area contributed by atoms with Crippen LogP contribution in [-0.4, -0.2) is 59.7 Å². The van der Waals surface area contributed by atoms with Gasteiger partial charge in [0.25, 0.3) is 0 Å². The minimum Gasteiger partial charge on any atom is -0.481 e. The molecule has 0 aromatic rings. The molecule has 0 saturated carbocycles. The predicted molar refractivity (Wildman–Crippen MR) is 92.7 cm³/mol. The lowest BCUT2D eigenvalue weighted by Crippen LogP contribution is -2.38. The summed E-state index contributed by atoms with van der Waals surface area (Å²) in [5.41, 5.74) is 10.4. The molecule has 0 fully saturated rings. The highest BCUT2D eigenvalue weighted by Gasteiger charge is 2.14. The van der Waals surface area contributed by atoms with Crippen LogP contribution in [0.15, 0.2) is 4.99 Å². The van der Waals surface area contributed by atoms with E-state index in [1.165, 1.54) is 0 Å². The van der Waals surface area contributed by atoms with Crippen molar-refractivity contribution in [2.75, 3.05) is 19.6 Å². The molecule has 25 heavy (non-hydrogen) atoms. The summed E-state index contributed by atoms with van der Waals surface area (Å²) in [5, 5.41) is 23.0. The molecule has 1 atom stereocenters. The van der Waals surface area contributed by atoms with Crippen molar-refractivity contribution < 1.29 is 24.6 Å². The van der Waals surface area contributed by atoms with Crippen LogP contribution in [0.3, 0.4) is 0 Å². The van der Waals surface area contributed by atoms with Crippen LogP contribution in [0.5, 0.6) is 0 Å². The molecule has 0 bridgehead atoms. The van der Waals surface area contributed by atoms with Crippen molar-refractivity contribution >= 4 is 23.7 Å². The molecule has 0 aromatic carbocycles. The first-order valence-corrected chi connectivity index (χ1v) is 8.32. The molecule has 0 unspecified atom stereocenters. The van der Waals surface area contributed by atoms with Crippen molar-refractivity contribution in [2.45, 2.75) is 51.0 Å². The number of unbranched alkanes of at least 4 members (excludes halogenated alkanes) is 3. The Hall–Kier alpha value is -2.36. The second-order valence-corrected chi connectivity index (χ2v) is 5.56. The van der Waals surface area contributed by atoms with E-state index >= 15 is 0 Å². The molecule has 0 rings (SSSR count). The number of carbonyl (C=O) groups excluding carboxylic acids is 2. The van der Waals surface area contributed by atoms with Gasteiger partial charge in [-0.2, -0.15) is 0 Å². The van der Waals surface area contributed by atoms with Crippen LogP contribution in [0.2, 0.25) is 0 Å². The van der Waals surface area contributed by atoms with Gasteiger partial charge in [-0.05, 0) is 19.3 Å². The zero-order chi connectivity index (χ0) is 19.1. The molecule has 2 amide bonds. The molecule has 144 valence electrons. The Bertz CT molecular complexity index is 452. The Balaban J connectivity index is 3.60. The van der Waals surface area contributed by atoms with Crippen LogP contribution < -0.4 is 22.1 Å². The number of carboxylic acid groups (broad SMARTS) is 1. The van der Waals surface area contributed by atoms with E-state index in [0.717, 1.165) is 25.7 Å². The molecule has 10 heteroatoms. The molecule has 0 spiro atoms. The molecule has 0 aliphatic rings. The molecular weight excluding hydrogens is 330 g/mol. The van der Waals surface area contributed by atoms with Gasteiger partial charge in [0.15, 0.2) is 5.96 Å². The smallest absolute Gasteiger partial charge is 0.305 e. The molecule has 0 aliphatic carbocycles. The fourth-order valence-corrected chi connectivity index (χ4v) is 1.94. The van der Waals surface area contributed by atoms with Gasteiger partial charge in [0.05, 0.1) is 6.42 Å². The minimum absolute atomic E-state index is 0.0409. The van der Waals surface area contributed by atoms with E-state index in [1.807, 2.05) is 0 Å². The minimum atomic E-state index is -1.27. The third-order valence-corrected chi connectivity index (χ3v) is 3.29. The number of guanidine groups is 1. The summed E-state index contributed by atoms with van der Waals surface area (Å²) < 4.78 is 0. The largest absolute Gasteiger partial charge is 0.481 e. The lowest BCUT2D eigenvalue weighted by molar-refractivity contribution is -0.137. The standard InChI is InChI=1S/C15H29N5O5/c16-15(17)20-8-4-2-1-3-5-12(22)18-9-6-11(21)14(25)19-10-7-13(23)24/h11,21H,1-10H2,(H,18,22)(H,19,25)(H,23,24)(H4,16,17,20)/t11-/m0/s1. The number of carbonyl (C=O) groups is 3. The van der Waals surface area contributed by atoms with Crippen LogP contribution >= 0.6 is 0 Å². The Morgan fingerprint density at radius 3 is 2.28 bits per heavy atom. The summed E-state index contributed by atoms with van der Waals surface area (Å²) in [5.74, 6) is -1.73. The summed E-state index contributed by atoms with van der Waals surface area (Å²) in [4.78, 5) is 37.2. The highest BCUT2D eigenvalue weighted by Crippen LogP contribution is 2.03. The molecule has 8 N–H and O–H groups in total. The Morgan fingerprint density at radius 2 is 1.64 bits per heavy atom. The molecule has 10 nitrogen and oxygen atoms in total. The average molecular weight is 359 g/mol. The first kappa shape index (κ1) is 22.6. The van der Waals surface area contributed by atoms with E-state index < -0.39 is 18.0 Å².